The zero-order chi connectivity index (χ0) is 14.5. The molecule has 0 fully saturated rings. The summed E-state index contributed by atoms with van der Waals surface area (Å²) in [5.74, 6) is 5.66. The molecule has 1 aromatic heterocycles. The highest BCUT2D eigenvalue weighted by atomic mass is 79.9. The lowest BCUT2D eigenvalue weighted by atomic mass is 10.0. The van der Waals surface area contributed by atoms with Crippen molar-refractivity contribution in [2.75, 3.05) is 7.11 Å². The highest BCUT2D eigenvalue weighted by molar-refractivity contribution is 9.10. The fraction of sp³-hybridized carbons (Fsp3) is 0.231. The van der Waals surface area contributed by atoms with Crippen LogP contribution < -0.4 is 16.0 Å². The summed E-state index contributed by atoms with van der Waals surface area (Å²) in [5, 5.41) is 7.89. The maximum atomic E-state index is 13.8. The summed E-state index contributed by atoms with van der Waals surface area (Å²) in [4.78, 5) is 0. The molecule has 1 heterocycles. The molecule has 5 nitrogen and oxygen atoms in total. The van der Waals surface area contributed by atoms with Crippen LogP contribution in [0, 0.1) is 5.82 Å². The number of ether oxygens (including phenoxy) is 1. The standard InChI is InChI=1S/C13H14BrFN4O/c1-20-13-5-4-11(18-19-13)12(17-16)7-8-6-9(14)2-3-10(8)15/h2-6,12,17H,7,16H2,1H3. The summed E-state index contributed by atoms with van der Waals surface area (Å²) in [7, 11) is 1.51. The van der Waals surface area contributed by atoms with Crippen LogP contribution in [-0.2, 0) is 6.42 Å². The number of aromatic nitrogens is 2. The molecule has 2 rings (SSSR count). The molecule has 0 saturated carbocycles. The van der Waals surface area contributed by atoms with Crippen molar-refractivity contribution in [3.8, 4) is 5.88 Å². The minimum atomic E-state index is -0.336. The molecular formula is C13H14BrFN4O. The average Bonchev–Trinajstić information content (AvgIpc) is 2.48. The lowest BCUT2D eigenvalue weighted by Gasteiger charge is -2.15. The quantitative estimate of drug-likeness (QED) is 0.644. The molecule has 0 spiro atoms. The fourth-order valence-corrected chi connectivity index (χ4v) is 2.20. The molecule has 2 aromatic rings. The first-order valence-electron chi connectivity index (χ1n) is 5.91. The van der Waals surface area contributed by atoms with Crippen LogP contribution in [-0.4, -0.2) is 17.3 Å². The van der Waals surface area contributed by atoms with Crippen LogP contribution in [0.1, 0.15) is 17.3 Å². The van der Waals surface area contributed by atoms with Gasteiger partial charge in [-0.15, -0.1) is 5.10 Å². The van der Waals surface area contributed by atoms with E-state index in [1.807, 2.05) is 0 Å². The van der Waals surface area contributed by atoms with E-state index >= 15 is 0 Å². The van der Waals surface area contributed by atoms with Crippen molar-refractivity contribution in [1.82, 2.24) is 15.6 Å². The summed E-state index contributed by atoms with van der Waals surface area (Å²) >= 11 is 3.32. The Hall–Kier alpha value is -1.57. The molecule has 1 unspecified atom stereocenters. The first-order valence-corrected chi connectivity index (χ1v) is 6.71. The largest absolute Gasteiger partial charge is 0.480 e. The highest BCUT2D eigenvalue weighted by Gasteiger charge is 2.15. The number of halogens is 2. The topological polar surface area (TPSA) is 73.1 Å². The number of hydrazine groups is 1. The molecule has 0 saturated heterocycles. The van der Waals surface area contributed by atoms with Crippen LogP contribution in [0.4, 0.5) is 4.39 Å². The van der Waals surface area contributed by atoms with E-state index in [0.717, 1.165) is 4.47 Å². The van der Waals surface area contributed by atoms with Gasteiger partial charge in [-0.25, -0.2) is 4.39 Å². The zero-order valence-corrected chi connectivity index (χ0v) is 12.4. The van der Waals surface area contributed by atoms with Gasteiger partial charge in [0.15, 0.2) is 0 Å². The smallest absolute Gasteiger partial charge is 0.233 e. The second kappa shape index (κ2) is 6.74. The number of nitrogens with zero attached hydrogens (tertiary/aromatic N) is 2. The van der Waals surface area contributed by atoms with Gasteiger partial charge in [-0.05, 0) is 36.2 Å². The van der Waals surface area contributed by atoms with Gasteiger partial charge >= 0.3 is 0 Å². The van der Waals surface area contributed by atoms with Gasteiger partial charge in [0.05, 0.1) is 18.8 Å². The van der Waals surface area contributed by atoms with Crippen molar-refractivity contribution in [3.05, 3.63) is 51.9 Å². The van der Waals surface area contributed by atoms with Gasteiger partial charge in [-0.2, -0.15) is 5.10 Å². The van der Waals surface area contributed by atoms with Gasteiger partial charge in [-0.1, -0.05) is 15.9 Å². The molecule has 20 heavy (non-hydrogen) atoms. The number of rotatable bonds is 5. The van der Waals surface area contributed by atoms with Crippen LogP contribution in [0.3, 0.4) is 0 Å². The van der Waals surface area contributed by atoms with Crippen molar-refractivity contribution >= 4 is 15.9 Å². The fourth-order valence-electron chi connectivity index (χ4n) is 1.79. The predicted octanol–water partition coefficient (Wildman–Crippen LogP) is 2.13. The van der Waals surface area contributed by atoms with E-state index in [-0.39, 0.29) is 11.9 Å². The van der Waals surface area contributed by atoms with E-state index in [9.17, 15) is 4.39 Å². The first kappa shape index (κ1) is 14.8. The molecule has 3 N–H and O–H groups in total. The van der Waals surface area contributed by atoms with Crippen LogP contribution in [0.15, 0.2) is 34.8 Å². The van der Waals surface area contributed by atoms with Crippen molar-refractivity contribution in [2.24, 2.45) is 5.84 Å². The van der Waals surface area contributed by atoms with Crippen molar-refractivity contribution in [3.63, 3.8) is 0 Å². The highest BCUT2D eigenvalue weighted by Crippen LogP contribution is 2.21. The lowest BCUT2D eigenvalue weighted by molar-refractivity contribution is 0.389. The van der Waals surface area contributed by atoms with Gasteiger partial charge in [-0.3, -0.25) is 11.3 Å². The minimum Gasteiger partial charge on any atom is -0.480 e. The average molecular weight is 341 g/mol. The van der Waals surface area contributed by atoms with Gasteiger partial charge in [0, 0.05) is 10.5 Å². The minimum absolute atomic E-state index is 0.282. The van der Waals surface area contributed by atoms with Gasteiger partial charge < -0.3 is 4.74 Å². The van der Waals surface area contributed by atoms with E-state index in [1.165, 1.54) is 13.2 Å². The number of hydrogen-bond donors (Lipinski definition) is 2. The monoisotopic (exact) mass is 340 g/mol. The first-order chi connectivity index (χ1) is 9.63. The van der Waals surface area contributed by atoms with E-state index < -0.39 is 0 Å². The lowest BCUT2D eigenvalue weighted by Crippen LogP contribution is -2.30. The van der Waals surface area contributed by atoms with E-state index in [1.54, 1.807) is 24.3 Å². The number of methoxy groups -OCH3 is 1. The Labute approximate surface area is 124 Å². The van der Waals surface area contributed by atoms with Crippen LogP contribution in [0.5, 0.6) is 5.88 Å². The van der Waals surface area contributed by atoms with Crippen LogP contribution in [0.2, 0.25) is 0 Å². The summed E-state index contributed by atoms with van der Waals surface area (Å²) < 4.78 is 19.5. The Morgan fingerprint density at radius 1 is 1.35 bits per heavy atom. The summed E-state index contributed by atoms with van der Waals surface area (Å²) in [6.07, 6.45) is 0.364. The molecule has 0 radical (unpaired) electrons. The summed E-state index contributed by atoms with van der Waals surface area (Å²) in [6.45, 7) is 0. The third-order valence-corrected chi connectivity index (χ3v) is 3.35. The Balaban J connectivity index is 2.21. The van der Waals surface area contributed by atoms with E-state index in [4.69, 9.17) is 10.6 Å². The third kappa shape index (κ3) is 3.50. The Kier molecular flexibility index (Phi) is 4.99. The van der Waals surface area contributed by atoms with Crippen LogP contribution >= 0.6 is 15.9 Å². The molecule has 0 aliphatic rings. The van der Waals surface area contributed by atoms with Gasteiger partial charge in [0.1, 0.15) is 5.82 Å². The zero-order valence-electron chi connectivity index (χ0n) is 10.8. The molecule has 0 bridgehead atoms. The SMILES string of the molecule is COc1ccc(C(Cc2cc(Br)ccc2F)NN)nn1. The molecule has 0 amide bonds. The normalized spacial score (nSPS) is 12.2. The predicted molar refractivity (Wildman–Crippen MR) is 76.5 cm³/mol. The number of benzene rings is 1. The summed E-state index contributed by atoms with van der Waals surface area (Å²) in [6, 6.07) is 7.87. The second-order valence-corrected chi connectivity index (χ2v) is 5.08. The maximum Gasteiger partial charge on any atom is 0.233 e. The molecule has 1 aromatic carbocycles. The molecule has 106 valence electrons. The third-order valence-electron chi connectivity index (χ3n) is 2.86. The van der Waals surface area contributed by atoms with E-state index in [2.05, 4.69) is 31.6 Å². The Bertz CT molecular complexity index is 579. The summed E-state index contributed by atoms with van der Waals surface area (Å²) in [5.41, 5.74) is 3.79. The maximum absolute atomic E-state index is 13.8. The van der Waals surface area contributed by atoms with E-state index in [0.29, 0.717) is 23.6 Å². The Morgan fingerprint density at radius 2 is 2.15 bits per heavy atom. The number of hydrogen-bond acceptors (Lipinski definition) is 5. The number of nitrogens with one attached hydrogen (secondary N) is 1. The molecule has 7 heteroatoms. The van der Waals surface area contributed by atoms with Gasteiger partial charge in [0.25, 0.3) is 0 Å². The molecule has 0 aliphatic heterocycles. The number of nitrogens with two attached hydrogens (primary N) is 1. The van der Waals surface area contributed by atoms with Crippen molar-refractivity contribution in [1.29, 1.82) is 0 Å². The second-order valence-electron chi connectivity index (χ2n) is 4.16. The van der Waals surface area contributed by atoms with Crippen molar-refractivity contribution < 1.29 is 9.13 Å². The van der Waals surface area contributed by atoms with Crippen molar-refractivity contribution in [2.45, 2.75) is 12.5 Å². The molecule has 0 aliphatic carbocycles. The van der Waals surface area contributed by atoms with Gasteiger partial charge in [0.2, 0.25) is 5.88 Å². The Morgan fingerprint density at radius 3 is 2.75 bits per heavy atom. The molecular weight excluding hydrogens is 327 g/mol. The molecule has 1 atom stereocenters. The van der Waals surface area contributed by atoms with Crippen LogP contribution in [0.25, 0.3) is 0 Å².